The van der Waals surface area contributed by atoms with Crippen LogP contribution in [0.15, 0.2) is 12.1 Å². The van der Waals surface area contributed by atoms with Crippen LogP contribution in [-0.4, -0.2) is 47.8 Å². The largest absolute Gasteiger partial charge is 0.351 e. The third-order valence-corrected chi connectivity index (χ3v) is 3.14. The van der Waals surface area contributed by atoms with E-state index in [-0.39, 0.29) is 11.7 Å². The summed E-state index contributed by atoms with van der Waals surface area (Å²) in [7, 11) is 0. The molecule has 19 heavy (non-hydrogen) atoms. The number of hydrogen-bond donors (Lipinski definition) is 2. The topological polar surface area (TPSA) is 65.2 Å². The molecule has 1 aromatic rings. The van der Waals surface area contributed by atoms with E-state index in [1.165, 1.54) is 6.92 Å². The van der Waals surface area contributed by atoms with E-state index < -0.39 is 0 Å². The fourth-order valence-electron chi connectivity index (χ4n) is 1.87. The summed E-state index contributed by atoms with van der Waals surface area (Å²) in [6.45, 7) is 9.42. The van der Waals surface area contributed by atoms with Crippen molar-refractivity contribution >= 4 is 11.7 Å². The van der Waals surface area contributed by atoms with E-state index in [0.29, 0.717) is 17.9 Å². The summed E-state index contributed by atoms with van der Waals surface area (Å²) in [6.07, 6.45) is 0.924. The lowest BCUT2D eigenvalue weighted by atomic mass is 10.3. The predicted molar refractivity (Wildman–Crippen MR) is 75.5 cm³/mol. The molecule has 5 nitrogen and oxygen atoms in total. The number of ketones is 1. The molecule has 1 amide bonds. The van der Waals surface area contributed by atoms with E-state index in [9.17, 15) is 9.59 Å². The first-order valence-corrected chi connectivity index (χ1v) is 6.79. The molecule has 0 atom stereocenters. The third kappa shape index (κ3) is 4.87. The molecule has 0 saturated heterocycles. The Balaban J connectivity index is 2.33. The smallest absolute Gasteiger partial charge is 0.267 e. The van der Waals surface area contributed by atoms with Crippen LogP contribution in [0, 0.1) is 0 Å². The van der Waals surface area contributed by atoms with Gasteiger partial charge in [0, 0.05) is 13.5 Å². The van der Waals surface area contributed by atoms with E-state index in [1.807, 2.05) is 0 Å². The van der Waals surface area contributed by atoms with Gasteiger partial charge in [-0.25, -0.2) is 0 Å². The van der Waals surface area contributed by atoms with Gasteiger partial charge in [-0.2, -0.15) is 0 Å². The first kappa shape index (κ1) is 15.4. The molecule has 1 rings (SSSR count). The molecule has 0 aliphatic rings. The number of nitrogens with zero attached hydrogens (tertiary/aromatic N) is 1. The van der Waals surface area contributed by atoms with Crippen LogP contribution in [0.25, 0.3) is 0 Å². The Hall–Kier alpha value is -1.62. The fraction of sp³-hybridized carbons (Fsp3) is 0.571. The molecule has 0 unspecified atom stereocenters. The number of aromatic amines is 1. The lowest BCUT2D eigenvalue weighted by Crippen LogP contribution is -2.30. The highest BCUT2D eigenvalue weighted by molar-refractivity contribution is 5.97. The van der Waals surface area contributed by atoms with Gasteiger partial charge < -0.3 is 15.2 Å². The van der Waals surface area contributed by atoms with Crippen LogP contribution >= 0.6 is 0 Å². The minimum Gasteiger partial charge on any atom is -0.351 e. The Labute approximate surface area is 114 Å². The quantitative estimate of drug-likeness (QED) is 0.555. The Kier molecular flexibility index (Phi) is 6.29. The Morgan fingerprint density at radius 1 is 1.21 bits per heavy atom. The number of Topliss-reactive ketones (excluding diaryl/α,β-unsaturated/α-hetero) is 1. The van der Waals surface area contributed by atoms with E-state index in [2.05, 4.69) is 29.0 Å². The van der Waals surface area contributed by atoms with E-state index in [1.54, 1.807) is 12.1 Å². The number of amides is 1. The van der Waals surface area contributed by atoms with Gasteiger partial charge in [0.05, 0.1) is 5.69 Å². The van der Waals surface area contributed by atoms with Crippen LogP contribution in [0.5, 0.6) is 0 Å². The molecule has 0 fully saturated rings. The molecule has 1 aromatic heterocycles. The van der Waals surface area contributed by atoms with E-state index >= 15 is 0 Å². The number of aromatic nitrogens is 1. The molecule has 0 spiro atoms. The summed E-state index contributed by atoms with van der Waals surface area (Å²) >= 11 is 0. The lowest BCUT2D eigenvalue weighted by molar-refractivity contribution is 0.0947. The number of nitrogens with one attached hydrogen (secondary N) is 2. The average molecular weight is 265 g/mol. The maximum atomic E-state index is 11.8. The van der Waals surface area contributed by atoms with Crippen LogP contribution in [0.2, 0.25) is 0 Å². The maximum Gasteiger partial charge on any atom is 0.267 e. The van der Waals surface area contributed by atoms with Crippen molar-refractivity contribution in [3.05, 3.63) is 23.5 Å². The second kappa shape index (κ2) is 7.74. The van der Waals surface area contributed by atoms with Crippen LogP contribution in [0.4, 0.5) is 0 Å². The Bertz CT molecular complexity index is 422. The second-order valence-electron chi connectivity index (χ2n) is 4.48. The van der Waals surface area contributed by atoms with Crippen LogP contribution in [0.3, 0.4) is 0 Å². The highest BCUT2D eigenvalue weighted by Crippen LogP contribution is 2.02. The molecule has 2 N–H and O–H groups in total. The molecule has 0 aromatic carbocycles. The maximum absolute atomic E-state index is 11.8. The van der Waals surface area contributed by atoms with Gasteiger partial charge in [-0.05, 0) is 38.2 Å². The van der Waals surface area contributed by atoms with Crippen molar-refractivity contribution in [2.75, 3.05) is 26.2 Å². The molecule has 0 saturated carbocycles. The van der Waals surface area contributed by atoms with Crippen molar-refractivity contribution in [2.24, 2.45) is 0 Å². The van der Waals surface area contributed by atoms with Gasteiger partial charge in [0.25, 0.3) is 5.91 Å². The van der Waals surface area contributed by atoms with E-state index in [0.717, 1.165) is 26.1 Å². The minimum absolute atomic E-state index is 0.0689. The molecule has 1 heterocycles. The summed E-state index contributed by atoms with van der Waals surface area (Å²) in [5.41, 5.74) is 0.904. The van der Waals surface area contributed by atoms with Crippen molar-refractivity contribution in [3.8, 4) is 0 Å². The van der Waals surface area contributed by atoms with Crippen molar-refractivity contribution in [1.82, 2.24) is 15.2 Å². The number of hydrogen-bond acceptors (Lipinski definition) is 3. The minimum atomic E-state index is -0.160. The van der Waals surface area contributed by atoms with Crippen molar-refractivity contribution < 1.29 is 9.59 Å². The summed E-state index contributed by atoms with van der Waals surface area (Å²) < 4.78 is 0. The zero-order valence-corrected chi connectivity index (χ0v) is 12.0. The highest BCUT2D eigenvalue weighted by Gasteiger charge is 2.09. The first-order chi connectivity index (χ1) is 9.08. The van der Waals surface area contributed by atoms with Gasteiger partial charge in [-0.1, -0.05) is 13.8 Å². The standard InChI is InChI=1S/C14H23N3O2/c1-4-17(5-2)10-6-9-15-14(19)13-8-7-12(16-13)11(3)18/h7-8,16H,4-6,9-10H2,1-3H3,(H,15,19). The fourth-order valence-corrected chi connectivity index (χ4v) is 1.87. The van der Waals surface area contributed by atoms with Crippen molar-refractivity contribution in [2.45, 2.75) is 27.2 Å². The molecule has 106 valence electrons. The van der Waals surface area contributed by atoms with Crippen molar-refractivity contribution in [1.29, 1.82) is 0 Å². The Morgan fingerprint density at radius 2 is 1.84 bits per heavy atom. The summed E-state index contributed by atoms with van der Waals surface area (Å²) in [6, 6.07) is 3.27. The highest BCUT2D eigenvalue weighted by atomic mass is 16.2. The zero-order chi connectivity index (χ0) is 14.3. The van der Waals surface area contributed by atoms with Gasteiger partial charge >= 0.3 is 0 Å². The molecular weight excluding hydrogens is 242 g/mol. The normalized spacial score (nSPS) is 10.7. The SMILES string of the molecule is CCN(CC)CCCNC(=O)c1ccc(C(C)=O)[nH]1. The molecule has 0 bridgehead atoms. The monoisotopic (exact) mass is 265 g/mol. The molecule has 0 aliphatic heterocycles. The molecular formula is C14H23N3O2. The van der Waals surface area contributed by atoms with Crippen molar-refractivity contribution in [3.63, 3.8) is 0 Å². The second-order valence-corrected chi connectivity index (χ2v) is 4.48. The van der Waals surface area contributed by atoms with Gasteiger partial charge in [0.2, 0.25) is 0 Å². The third-order valence-electron chi connectivity index (χ3n) is 3.14. The van der Waals surface area contributed by atoms with E-state index in [4.69, 9.17) is 0 Å². The first-order valence-electron chi connectivity index (χ1n) is 6.79. The zero-order valence-electron chi connectivity index (χ0n) is 12.0. The number of carbonyl (C=O) groups is 2. The predicted octanol–water partition coefficient (Wildman–Crippen LogP) is 1.68. The summed E-state index contributed by atoms with van der Waals surface area (Å²) in [5.74, 6) is -0.229. The van der Waals surface area contributed by atoms with Gasteiger partial charge in [-0.15, -0.1) is 0 Å². The van der Waals surface area contributed by atoms with Gasteiger partial charge in [0.15, 0.2) is 5.78 Å². The van der Waals surface area contributed by atoms with Gasteiger partial charge in [0.1, 0.15) is 5.69 Å². The molecule has 0 aliphatic carbocycles. The average Bonchev–Trinajstić information content (AvgIpc) is 2.88. The number of H-pyrrole nitrogens is 1. The summed E-state index contributed by atoms with van der Waals surface area (Å²) in [4.78, 5) is 28.0. The van der Waals surface area contributed by atoms with Crippen LogP contribution in [-0.2, 0) is 0 Å². The van der Waals surface area contributed by atoms with Crippen LogP contribution in [0.1, 0.15) is 48.2 Å². The lowest BCUT2D eigenvalue weighted by Gasteiger charge is -2.17. The van der Waals surface area contributed by atoms with Crippen LogP contribution < -0.4 is 5.32 Å². The number of carbonyl (C=O) groups excluding carboxylic acids is 2. The van der Waals surface area contributed by atoms with Gasteiger partial charge in [-0.3, -0.25) is 9.59 Å². The Morgan fingerprint density at radius 3 is 2.37 bits per heavy atom. The summed E-state index contributed by atoms with van der Waals surface area (Å²) in [5, 5.41) is 2.85. The molecule has 0 radical (unpaired) electrons. The molecule has 5 heteroatoms. The number of rotatable bonds is 8.